The van der Waals surface area contributed by atoms with Gasteiger partial charge in [0.2, 0.25) is 5.89 Å². The van der Waals surface area contributed by atoms with Gasteiger partial charge in [-0.3, -0.25) is 0 Å². The minimum absolute atomic E-state index is 0.195. The van der Waals surface area contributed by atoms with E-state index < -0.39 is 0 Å². The molecule has 2 aromatic rings. The second-order valence-electron chi connectivity index (χ2n) is 4.74. The van der Waals surface area contributed by atoms with Crippen molar-refractivity contribution in [1.82, 2.24) is 4.98 Å². The van der Waals surface area contributed by atoms with E-state index in [1.54, 1.807) is 12.1 Å². The van der Waals surface area contributed by atoms with Crippen LogP contribution >= 0.6 is 0 Å². The molecule has 1 aromatic heterocycles. The summed E-state index contributed by atoms with van der Waals surface area (Å²) in [5.41, 5.74) is 7.66. The van der Waals surface area contributed by atoms with Crippen LogP contribution in [0.25, 0.3) is 11.1 Å². The fraction of sp³-hybridized carbons (Fsp3) is 0.417. The number of hydrogen-bond donors (Lipinski definition) is 1. The zero-order chi connectivity index (χ0) is 11.8. The number of aromatic nitrogens is 1. The highest BCUT2D eigenvalue weighted by molar-refractivity contribution is 5.76. The van der Waals surface area contributed by atoms with Gasteiger partial charge in [-0.25, -0.2) is 4.98 Å². The molecule has 0 aliphatic carbocycles. The lowest BCUT2D eigenvalue weighted by molar-refractivity contribution is -0.0238. The molecule has 1 aromatic carbocycles. The number of nitrogens with zero attached hydrogens (tertiary/aromatic N) is 1. The fourth-order valence-corrected chi connectivity index (χ4v) is 1.33. The second-order valence-corrected chi connectivity index (χ2v) is 4.74. The van der Waals surface area contributed by atoms with Crippen LogP contribution in [0.1, 0.15) is 26.7 Å². The van der Waals surface area contributed by atoms with Crippen molar-refractivity contribution >= 4 is 16.8 Å². The number of nitrogens with two attached hydrogens (primary N) is 1. The molecule has 0 spiro atoms. The first-order chi connectivity index (χ1) is 7.44. The molecule has 0 amide bonds. The summed E-state index contributed by atoms with van der Waals surface area (Å²) in [7, 11) is 0. The summed E-state index contributed by atoms with van der Waals surface area (Å²) in [5, 5.41) is 0. The van der Waals surface area contributed by atoms with Crippen molar-refractivity contribution in [3.63, 3.8) is 0 Å². The molecule has 0 fully saturated rings. The molecule has 0 aliphatic rings. The predicted molar refractivity (Wildman–Crippen MR) is 63.0 cm³/mol. The van der Waals surface area contributed by atoms with Crippen LogP contribution in [0.5, 0.6) is 0 Å². The van der Waals surface area contributed by atoms with Crippen LogP contribution in [0.4, 0.5) is 5.69 Å². The molecule has 86 valence electrons. The van der Waals surface area contributed by atoms with Gasteiger partial charge in [-0.1, -0.05) is 0 Å². The SMILES string of the molecule is CC(C)(C)OCc1nc2cc(N)ccc2o1. The number of hydrogen-bond acceptors (Lipinski definition) is 4. The molecule has 0 atom stereocenters. The quantitative estimate of drug-likeness (QED) is 0.790. The van der Waals surface area contributed by atoms with E-state index in [0.29, 0.717) is 18.2 Å². The van der Waals surface area contributed by atoms with Gasteiger partial charge in [0.1, 0.15) is 12.1 Å². The minimum Gasteiger partial charge on any atom is -0.438 e. The summed E-state index contributed by atoms with van der Waals surface area (Å²) in [6.07, 6.45) is 0. The van der Waals surface area contributed by atoms with Crippen LogP contribution in [-0.4, -0.2) is 10.6 Å². The summed E-state index contributed by atoms with van der Waals surface area (Å²) in [4.78, 5) is 4.30. The first kappa shape index (κ1) is 11.0. The van der Waals surface area contributed by atoms with Gasteiger partial charge >= 0.3 is 0 Å². The van der Waals surface area contributed by atoms with Crippen molar-refractivity contribution in [3.05, 3.63) is 24.1 Å². The Kier molecular flexibility index (Phi) is 2.59. The topological polar surface area (TPSA) is 61.3 Å². The Bertz CT molecular complexity index is 497. The average molecular weight is 220 g/mol. The number of nitrogen functional groups attached to an aromatic ring is 1. The standard InChI is InChI=1S/C12H16N2O2/c1-12(2,3)15-7-11-14-9-6-8(13)4-5-10(9)16-11/h4-6H,7,13H2,1-3H3. The number of rotatable bonds is 2. The monoisotopic (exact) mass is 220 g/mol. The minimum atomic E-state index is -0.195. The number of benzene rings is 1. The van der Waals surface area contributed by atoms with E-state index in [4.69, 9.17) is 14.9 Å². The van der Waals surface area contributed by atoms with Gasteiger partial charge < -0.3 is 14.9 Å². The molecule has 0 aliphatic heterocycles. The molecule has 0 bridgehead atoms. The Morgan fingerprint density at radius 2 is 2.12 bits per heavy atom. The molecule has 16 heavy (non-hydrogen) atoms. The van der Waals surface area contributed by atoms with Crippen LogP contribution in [-0.2, 0) is 11.3 Å². The number of ether oxygens (including phenoxy) is 1. The van der Waals surface area contributed by atoms with Crippen LogP contribution < -0.4 is 5.73 Å². The lowest BCUT2D eigenvalue weighted by atomic mass is 10.2. The van der Waals surface area contributed by atoms with Crippen molar-refractivity contribution in [2.45, 2.75) is 33.0 Å². The van der Waals surface area contributed by atoms with Crippen LogP contribution in [0.3, 0.4) is 0 Å². The maximum Gasteiger partial charge on any atom is 0.221 e. The molecule has 4 nitrogen and oxygen atoms in total. The summed E-state index contributed by atoms with van der Waals surface area (Å²) >= 11 is 0. The van der Waals surface area contributed by atoms with Crippen molar-refractivity contribution in [3.8, 4) is 0 Å². The molecular weight excluding hydrogens is 204 g/mol. The Morgan fingerprint density at radius 3 is 2.81 bits per heavy atom. The van der Waals surface area contributed by atoms with Gasteiger partial charge in [0.15, 0.2) is 5.58 Å². The molecule has 2 rings (SSSR count). The van der Waals surface area contributed by atoms with Crippen LogP contribution in [0, 0.1) is 0 Å². The van der Waals surface area contributed by atoms with E-state index >= 15 is 0 Å². The van der Waals surface area contributed by atoms with Gasteiger partial charge in [-0.05, 0) is 39.0 Å². The Morgan fingerprint density at radius 1 is 1.38 bits per heavy atom. The Hall–Kier alpha value is -1.55. The van der Waals surface area contributed by atoms with E-state index in [1.807, 2.05) is 26.8 Å². The average Bonchev–Trinajstić information content (AvgIpc) is 2.55. The third-order valence-electron chi connectivity index (χ3n) is 2.08. The van der Waals surface area contributed by atoms with Gasteiger partial charge in [0.25, 0.3) is 0 Å². The first-order valence-electron chi connectivity index (χ1n) is 5.23. The predicted octanol–water partition coefficient (Wildman–Crippen LogP) is 2.73. The third kappa shape index (κ3) is 2.52. The number of oxazole rings is 1. The highest BCUT2D eigenvalue weighted by Crippen LogP contribution is 2.20. The number of fused-ring (bicyclic) bond motifs is 1. The van der Waals surface area contributed by atoms with E-state index in [0.717, 1.165) is 11.1 Å². The fourth-order valence-electron chi connectivity index (χ4n) is 1.33. The molecule has 0 saturated heterocycles. The second kappa shape index (κ2) is 3.79. The molecule has 0 radical (unpaired) electrons. The van der Waals surface area contributed by atoms with Crippen molar-refractivity contribution < 1.29 is 9.15 Å². The lowest BCUT2D eigenvalue weighted by Gasteiger charge is -2.17. The highest BCUT2D eigenvalue weighted by atomic mass is 16.5. The van der Waals surface area contributed by atoms with E-state index in [2.05, 4.69) is 4.98 Å². The third-order valence-corrected chi connectivity index (χ3v) is 2.08. The first-order valence-corrected chi connectivity index (χ1v) is 5.23. The van der Waals surface area contributed by atoms with Crippen LogP contribution in [0.15, 0.2) is 22.6 Å². The van der Waals surface area contributed by atoms with Gasteiger partial charge in [0, 0.05) is 5.69 Å². The van der Waals surface area contributed by atoms with Crippen molar-refractivity contribution in [1.29, 1.82) is 0 Å². The van der Waals surface area contributed by atoms with Crippen LogP contribution in [0.2, 0.25) is 0 Å². The lowest BCUT2D eigenvalue weighted by Crippen LogP contribution is -2.18. The maximum absolute atomic E-state index is 5.66. The zero-order valence-corrected chi connectivity index (χ0v) is 9.78. The maximum atomic E-state index is 5.66. The molecule has 1 heterocycles. The van der Waals surface area contributed by atoms with Crippen molar-refractivity contribution in [2.24, 2.45) is 0 Å². The Labute approximate surface area is 94.4 Å². The molecule has 0 saturated carbocycles. The summed E-state index contributed by atoms with van der Waals surface area (Å²) in [5.74, 6) is 0.579. The summed E-state index contributed by atoms with van der Waals surface area (Å²) < 4.78 is 11.1. The van der Waals surface area contributed by atoms with Gasteiger partial charge in [-0.15, -0.1) is 0 Å². The van der Waals surface area contributed by atoms with Crippen molar-refractivity contribution in [2.75, 3.05) is 5.73 Å². The molecule has 0 unspecified atom stereocenters. The molecule has 2 N–H and O–H groups in total. The van der Waals surface area contributed by atoms with E-state index in [1.165, 1.54) is 0 Å². The smallest absolute Gasteiger partial charge is 0.221 e. The highest BCUT2D eigenvalue weighted by Gasteiger charge is 2.13. The Balaban J connectivity index is 2.20. The van der Waals surface area contributed by atoms with Gasteiger partial charge in [0.05, 0.1) is 5.60 Å². The van der Waals surface area contributed by atoms with Gasteiger partial charge in [-0.2, -0.15) is 0 Å². The number of anilines is 1. The normalized spacial score (nSPS) is 12.2. The summed E-state index contributed by atoms with van der Waals surface area (Å²) in [6, 6.07) is 5.40. The summed E-state index contributed by atoms with van der Waals surface area (Å²) in [6.45, 7) is 6.35. The molecular formula is C12H16N2O2. The van der Waals surface area contributed by atoms with E-state index in [-0.39, 0.29) is 5.60 Å². The largest absolute Gasteiger partial charge is 0.438 e. The molecule has 4 heteroatoms. The zero-order valence-electron chi connectivity index (χ0n) is 9.78. The van der Waals surface area contributed by atoms with E-state index in [9.17, 15) is 0 Å².